The molecule has 5 heteroatoms. The molecule has 2 nitrogen and oxygen atoms in total. The number of carbonyl (C=O) groups excluding carboxylic acids is 1. The maximum absolute atomic E-state index is 11.5. The second kappa shape index (κ2) is 6.87. The van der Waals surface area contributed by atoms with Gasteiger partial charge in [-0.1, -0.05) is 78.1 Å². The van der Waals surface area contributed by atoms with E-state index >= 15 is 0 Å². The van der Waals surface area contributed by atoms with Crippen molar-refractivity contribution in [2.45, 2.75) is 12.3 Å². The summed E-state index contributed by atoms with van der Waals surface area (Å²) in [7, 11) is 0. The van der Waals surface area contributed by atoms with Crippen molar-refractivity contribution in [3.8, 4) is 0 Å². The zero-order valence-corrected chi connectivity index (χ0v) is 15.0. The first-order valence-corrected chi connectivity index (χ1v) is 8.26. The van der Waals surface area contributed by atoms with Crippen molar-refractivity contribution in [3.05, 3.63) is 67.0 Å². The van der Waals surface area contributed by atoms with E-state index in [2.05, 4.69) is 47.8 Å². The largest absolute Gasteiger partial charge is 0.549 e. The molecule has 0 bridgehead atoms. The summed E-state index contributed by atoms with van der Waals surface area (Å²) < 4.78 is 2.35. The molecule has 0 heterocycles. The molecule has 0 fully saturated rings. The fourth-order valence-electron chi connectivity index (χ4n) is 2.04. The van der Waals surface area contributed by atoms with E-state index in [1.807, 2.05) is 42.5 Å². The van der Waals surface area contributed by atoms with Crippen LogP contribution in [0.4, 0.5) is 0 Å². The second-order valence-corrected chi connectivity index (χ2v) is 6.97. The van der Waals surface area contributed by atoms with Crippen LogP contribution in [0.25, 0.3) is 0 Å². The summed E-state index contributed by atoms with van der Waals surface area (Å²) in [6.45, 7) is 0. The van der Waals surface area contributed by atoms with Crippen LogP contribution in [-0.2, 0) is 11.2 Å². The molecule has 20 heavy (non-hydrogen) atoms. The van der Waals surface area contributed by atoms with Crippen molar-refractivity contribution < 1.29 is 9.90 Å². The van der Waals surface area contributed by atoms with E-state index in [1.165, 1.54) is 0 Å². The van der Waals surface area contributed by atoms with Gasteiger partial charge >= 0.3 is 0 Å². The van der Waals surface area contributed by atoms with Crippen molar-refractivity contribution in [1.29, 1.82) is 0 Å². The van der Waals surface area contributed by atoms with Gasteiger partial charge in [-0.2, -0.15) is 0 Å². The van der Waals surface area contributed by atoms with Crippen molar-refractivity contribution >= 4 is 53.8 Å². The molecule has 0 aliphatic carbocycles. The highest BCUT2D eigenvalue weighted by Crippen LogP contribution is 2.36. The molecule has 0 N–H and O–H groups in total. The number of carboxylic acids is 1. The van der Waals surface area contributed by atoms with Gasteiger partial charge in [0.05, 0.1) is 0 Å². The lowest BCUT2D eigenvalue weighted by Crippen LogP contribution is -2.31. The van der Waals surface area contributed by atoms with Crippen LogP contribution in [0.5, 0.6) is 0 Å². The Morgan fingerprint density at radius 3 is 2.10 bits per heavy atom. The van der Waals surface area contributed by atoms with Crippen LogP contribution in [0.1, 0.15) is 17.0 Å². The lowest BCUT2D eigenvalue weighted by molar-refractivity contribution is -0.308. The second-order valence-electron chi connectivity index (χ2n) is 4.34. The number of hydrogen-bond donors (Lipinski definition) is 0. The van der Waals surface area contributed by atoms with Gasteiger partial charge in [0, 0.05) is 25.3 Å². The topological polar surface area (TPSA) is 40.1 Å². The predicted molar refractivity (Wildman–Crippen MR) is 87.4 cm³/mol. The smallest absolute Gasteiger partial charge is 0.0493 e. The monoisotopic (exact) mass is 459 g/mol. The Kier molecular flexibility index (Phi) is 5.41. The molecule has 0 aromatic heterocycles. The number of benzene rings is 2. The van der Waals surface area contributed by atoms with Crippen LogP contribution in [0, 0.1) is 0 Å². The average Bonchev–Trinajstić information content (AvgIpc) is 2.37. The molecule has 1 atom stereocenters. The van der Waals surface area contributed by atoms with Gasteiger partial charge < -0.3 is 9.90 Å². The van der Waals surface area contributed by atoms with Crippen LogP contribution >= 0.6 is 47.8 Å². The van der Waals surface area contributed by atoms with Gasteiger partial charge in [0.25, 0.3) is 0 Å². The molecule has 0 aliphatic rings. The lowest BCUT2D eigenvalue weighted by atomic mass is 9.92. The van der Waals surface area contributed by atoms with Crippen molar-refractivity contribution in [2.24, 2.45) is 0 Å². The molecule has 0 radical (unpaired) electrons. The number of halogens is 3. The average molecular weight is 462 g/mol. The van der Waals surface area contributed by atoms with E-state index in [4.69, 9.17) is 0 Å². The van der Waals surface area contributed by atoms with Crippen molar-refractivity contribution in [1.82, 2.24) is 0 Å². The summed E-state index contributed by atoms with van der Waals surface area (Å²) in [6.07, 6.45) is 0.391. The van der Waals surface area contributed by atoms with Gasteiger partial charge in [-0.25, -0.2) is 0 Å². The maximum Gasteiger partial charge on any atom is 0.0493 e. The van der Waals surface area contributed by atoms with E-state index < -0.39 is 11.9 Å². The Morgan fingerprint density at radius 1 is 1.05 bits per heavy atom. The summed E-state index contributed by atoms with van der Waals surface area (Å²) >= 11 is 10.2. The highest BCUT2D eigenvalue weighted by atomic mass is 79.9. The Labute approximate surface area is 142 Å². The maximum atomic E-state index is 11.5. The minimum Gasteiger partial charge on any atom is -0.549 e. The summed E-state index contributed by atoms with van der Waals surface area (Å²) in [4.78, 5) is 11.5. The summed E-state index contributed by atoms with van der Waals surface area (Å²) in [5.41, 5.74) is 1.65. The van der Waals surface area contributed by atoms with Gasteiger partial charge in [0.15, 0.2) is 0 Å². The number of aliphatic carboxylic acids is 1. The van der Waals surface area contributed by atoms with E-state index in [0.717, 1.165) is 19.0 Å². The van der Waals surface area contributed by atoms with Crippen molar-refractivity contribution in [3.63, 3.8) is 0 Å². The van der Waals surface area contributed by atoms with E-state index in [9.17, 15) is 9.90 Å². The third kappa shape index (κ3) is 3.71. The zero-order chi connectivity index (χ0) is 14.7. The summed E-state index contributed by atoms with van der Waals surface area (Å²) in [6, 6.07) is 13.2. The minimum absolute atomic E-state index is 0.391. The molecule has 0 saturated carbocycles. The van der Waals surface area contributed by atoms with Gasteiger partial charge in [0.1, 0.15) is 0 Å². The highest BCUT2D eigenvalue weighted by Gasteiger charge is 2.20. The Hall–Kier alpha value is -0.650. The third-order valence-electron chi connectivity index (χ3n) is 2.96. The summed E-state index contributed by atoms with van der Waals surface area (Å²) in [5.74, 6) is -1.80. The molecule has 0 amide bonds. The Bertz CT molecular complexity index is 603. The first kappa shape index (κ1) is 15.7. The van der Waals surface area contributed by atoms with Crippen LogP contribution in [0.15, 0.2) is 55.9 Å². The van der Waals surface area contributed by atoms with Gasteiger partial charge in [0.2, 0.25) is 0 Å². The third-order valence-corrected chi connectivity index (χ3v) is 4.73. The molecule has 1 unspecified atom stereocenters. The van der Waals surface area contributed by atoms with E-state index in [1.54, 1.807) is 0 Å². The summed E-state index contributed by atoms with van der Waals surface area (Å²) in [5, 5.41) is 11.5. The number of carbonyl (C=O) groups is 1. The number of rotatable bonds is 4. The molecule has 2 aromatic carbocycles. The molecular weight excluding hydrogens is 452 g/mol. The van der Waals surface area contributed by atoms with Crippen LogP contribution < -0.4 is 5.11 Å². The lowest BCUT2D eigenvalue weighted by Gasteiger charge is -2.21. The first-order chi connectivity index (χ1) is 9.49. The standard InChI is InChI=1S/C15H11Br3O2/c16-10-7-12(17)14(13(18)8-10)11(15(19)20)6-9-4-2-1-3-5-9/h1-5,7-8,11H,6H2,(H,19,20)/p-1. The highest BCUT2D eigenvalue weighted by molar-refractivity contribution is 9.11. The molecule has 0 aliphatic heterocycles. The van der Waals surface area contributed by atoms with Crippen LogP contribution in [0.3, 0.4) is 0 Å². The van der Waals surface area contributed by atoms with Crippen molar-refractivity contribution in [2.75, 3.05) is 0 Å². The molecule has 104 valence electrons. The van der Waals surface area contributed by atoms with E-state index in [-0.39, 0.29) is 0 Å². The molecule has 2 rings (SSSR count). The predicted octanol–water partition coefficient (Wildman–Crippen LogP) is 4.05. The molecule has 0 spiro atoms. The van der Waals surface area contributed by atoms with Gasteiger partial charge in [-0.05, 0) is 29.7 Å². The number of carboxylic acid groups (broad SMARTS) is 1. The quantitative estimate of drug-likeness (QED) is 0.689. The van der Waals surface area contributed by atoms with Crippen LogP contribution in [-0.4, -0.2) is 5.97 Å². The normalized spacial score (nSPS) is 12.2. The van der Waals surface area contributed by atoms with Crippen LogP contribution in [0.2, 0.25) is 0 Å². The fourth-order valence-corrected chi connectivity index (χ4v) is 4.85. The number of hydrogen-bond acceptors (Lipinski definition) is 2. The molecule has 0 saturated heterocycles. The first-order valence-electron chi connectivity index (χ1n) is 5.88. The van der Waals surface area contributed by atoms with Gasteiger partial charge in [-0.15, -0.1) is 0 Å². The van der Waals surface area contributed by atoms with Gasteiger partial charge in [-0.3, -0.25) is 0 Å². The zero-order valence-electron chi connectivity index (χ0n) is 10.3. The fraction of sp³-hybridized carbons (Fsp3) is 0.133. The Balaban J connectivity index is 2.42. The molecular formula is C15H10Br3O2-. The molecule has 2 aromatic rings. The minimum atomic E-state index is -1.09. The Morgan fingerprint density at radius 2 is 1.60 bits per heavy atom. The SMILES string of the molecule is O=C([O-])C(Cc1ccccc1)c1c(Br)cc(Br)cc1Br. The van der Waals surface area contributed by atoms with E-state index in [0.29, 0.717) is 12.0 Å².